The van der Waals surface area contributed by atoms with Crippen LogP contribution in [0.5, 0.6) is 11.5 Å². The molecule has 3 aromatic rings. The minimum atomic E-state index is -0.979. The van der Waals surface area contributed by atoms with E-state index in [1.165, 1.54) is 0 Å². The number of nitrogens with one attached hydrogen (secondary N) is 3. The third kappa shape index (κ3) is 6.76. The smallest absolute Gasteiger partial charge is 0.191 e. The number of aromatic nitrogens is 1. The van der Waals surface area contributed by atoms with Gasteiger partial charge in [0.1, 0.15) is 17.1 Å². The van der Waals surface area contributed by atoms with Crippen LogP contribution in [0.25, 0.3) is 10.9 Å². The Balaban J connectivity index is 0.00000363. The van der Waals surface area contributed by atoms with Gasteiger partial charge in [0.05, 0.1) is 26.3 Å². The van der Waals surface area contributed by atoms with E-state index in [9.17, 15) is 5.11 Å². The van der Waals surface area contributed by atoms with Gasteiger partial charge in [0.2, 0.25) is 0 Å². The van der Waals surface area contributed by atoms with Crippen LogP contribution in [0.15, 0.2) is 40.0 Å². The number of aryl methyl sites for hydroxylation is 1. The Labute approximate surface area is 210 Å². The maximum atomic E-state index is 10.7. The van der Waals surface area contributed by atoms with Crippen molar-refractivity contribution >= 4 is 52.2 Å². The van der Waals surface area contributed by atoms with E-state index in [2.05, 4.69) is 26.7 Å². The van der Waals surface area contributed by atoms with Gasteiger partial charge in [-0.25, -0.2) is 4.99 Å². The van der Waals surface area contributed by atoms with Crippen molar-refractivity contribution in [3.05, 3.63) is 46.3 Å². The van der Waals surface area contributed by atoms with Gasteiger partial charge in [-0.1, -0.05) is 0 Å². The SMILES string of the molecule is CCNC(=NCC(C)(O)c1ccsc1)NCCCc1cc2c(OC)cc(OC)cc2[nH]1.I. The number of benzene rings is 1. The van der Waals surface area contributed by atoms with Gasteiger partial charge in [-0.05, 0) is 55.1 Å². The molecular formula is C23H33IN4O3S. The van der Waals surface area contributed by atoms with E-state index in [0.29, 0.717) is 12.5 Å². The van der Waals surface area contributed by atoms with Gasteiger partial charge < -0.3 is 30.2 Å². The Morgan fingerprint density at radius 1 is 1.22 bits per heavy atom. The van der Waals surface area contributed by atoms with Crippen molar-refractivity contribution in [1.29, 1.82) is 0 Å². The molecule has 0 radical (unpaired) electrons. The molecule has 32 heavy (non-hydrogen) atoms. The maximum absolute atomic E-state index is 10.7. The Hall–Kier alpha value is -1.98. The number of aliphatic imine (C=N–C) groups is 1. The van der Waals surface area contributed by atoms with Crippen LogP contribution < -0.4 is 20.1 Å². The monoisotopic (exact) mass is 572 g/mol. The Kier molecular flexibility index (Phi) is 10.1. The van der Waals surface area contributed by atoms with Crippen molar-refractivity contribution in [3.63, 3.8) is 0 Å². The number of aromatic amines is 1. The molecule has 1 unspecified atom stereocenters. The number of hydrogen-bond donors (Lipinski definition) is 4. The zero-order valence-corrected chi connectivity index (χ0v) is 22.2. The topological polar surface area (TPSA) is 90.9 Å². The van der Waals surface area contributed by atoms with Crippen molar-refractivity contribution in [2.75, 3.05) is 33.9 Å². The van der Waals surface area contributed by atoms with E-state index in [-0.39, 0.29) is 24.0 Å². The molecule has 0 aliphatic rings. The van der Waals surface area contributed by atoms with Crippen LogP contribution in [0, 0.1) is 0 Å². The summed E-state index contributed by atoms with van der Waals surface area (Å²) >= 11 is 1.57. The van der Waals surface area contributed by atoms with Gasteiger partial charge in [0, 0.05) is 36.3 Å². The highest BCUT2D eigenvalue weighted by molar-refractivity contribution is 14.0. The molecule has 0 spiro atoms. The molecule has 1 aromatic carbocycles. The number of nitrogens with zero attached hydrogens (tertiary/aromatic N) is 1. The van der Waals surface area contributed by atoms with E-state index < -0.39 is 5.60 Å². The lowest BCUT2D eigenvalue weighted by Crippen LogP contribution is -2.39. The number of aliphatic hydroxyl groups is 1. The predicted molar refractivity (Wildman–Crippen MR) is 143 cm³/mol. The Bertz CT molecular complexity index is 1000. The predicted octanol–water partition coefficient (Wildman–Crippen LogP) is 4.26. The molecule has 0 amide bonds. The van der Waals surface area contributed by atoms with Gasteiger partial charge in [-0.2, -0.15) is 11.3 Å². The summed E-state index contributed by atoms with van der Waals surface area (Å²) in [6.45, 7) is 5.64. The number of thiophene rings is 1. The maximum Gasteiger partial charge on any atom is 0.191 e. The molecule has 3 rings (SSSR count). The first kappa shape index (κ1) is 26.3. The molecule has 176 valence electrons. The molecule has 0 fully saturated rings. The van der Waals surface area contributed by atoms with Crippen LogP contribution in [0.2, 0.25) is 0 Å². The quantitative estimate of drug-likeness (QED) is 0.126. The molecule has 0 aliphatic heterocycles. The van der Waals surface area contributed by atoms with E-state index >= 15 is 0 Å². The first-order valence-corrected chi connectivity index (χ1v) is 11.4. The molecule has 9 heteroatoms. The lowest BCUT2D eigenvalue weighted by Gasteiger charge is -2.21. The number of H-pyrrole nitrogens is 1. The highest BCUT2D eigenvalue weighted by Crippen LogP contribution is 2.31. The molecule has 2 aromatic heterocycles. The molecule has 0 aliphatic carbocycles. The second-order valence-electron chi connectivity index (χ2n) is 7.60. The van der Waals surface area contributed by atoms with Crippen LogP contribution in [0.1, 0.15) is 31.5 Å². The van der Waals surface area contributed by atoms with Crippen molar-refractivity contribution in [1.82, 2.24) is 15.6 Å². The minimum absolute atomic E-state index is 0. The summed E-state index contributed by atoms with van der Waals surface area (Å²) in [6, 6.07) is 7.94. The highest BCUT2D eigenvalue weighted by atomic mass is 127. The van der Waals surface area contributed by atoms with Crippen LogP contribution in [0.4, 0.5) is 0 Å². The minimum Gasteiger partial charge on any atom is -0.497 e. The number of hydrogen-bond acceptors (Lipinski definition) is 5. The molecule has 4 N–H and O–H groups in total. The first-order valence-electron chi connectivity index (χ1n) is 10.5. The number of methoxy groups -OCH3 is 2. The fourth-order valence-electron chi connectivity index (χ4n) is 3.38. The average Bonchev–Trinajstić information content (AvgIpc) is 3.44. The summed E-state index contributed by atoms with van der Waals surface area (Å²) in [5.74, 6) is 2.28. The number of rotatable bonds is 10. The van der Waals surface area contributed by atoms with Crippen LogP contribution in [-0.2, 0) is 12.0 Å². The molecule has 0 saturated carbocycles. The summed E-state index contributed by atoms with van der Waals surface area (Å²) in [4.78, 5) is 8.03. The number of guanidine groups is 1. The largest absolute Gasteiger partial charge is 0.497 e. The fourth-order valence-corrected chi connectivity index (χ4v) is 4.16. The second kappa shape index (κ2) is 12.3. The lowest BCUT2D eigenvalue weighted by atomic mass is 10.00. The first-order chi connectivity index (χ1) is 15.0. The lowest BCUT2D eigenvalue weighted by molar-refractivity contribution is 0.0677. The molecule has 1 atom stereocenters. The Morgan fingerprint density at radius 2 is 2.03 bits per heavy atom. The van der Waals surface area contributed by atoms with Crippen molar-refractivity contribution < 1.29 is 14.6 Å². The summed E-state index contributed by atoms with van der Waals surface area (Å²) < 4.78 is 10.8. The van der Waals surface area contributed by atoms with Crippen molar-refractivity contribution in [2.24, 2.45) is 4.99 Å². The summed E-state index contributed by atoms with van der Waals surface area (Å²) in [7, 11) is 3.32. The molecule has 7 nitrogen and oxygen atoms in total. The molecular weight excluding hydrogens is 539 g/mol. The third-order valence-corrected chi connectivity index (χ3v) is 5.82. The fraction of sp³-hybridized carbons (Fsp3) is 0.435. The summed E-state index contributed by atoms with van der Waals surface area (Å²) in [5, 5.41) is 22.3. The van der Waals surface area contributed by atoms with Gasteiger partial charge in [-0.15, -0.1) is 24.0 Å². The Morgan fingerprint density at radius 3 is 2.69 bits per heavy atom. The van der Waals surface area contributed by atoms with Crippen LogP contribution >= 0.6 is 35.3 Å². The molecule has 2 heterocycles. The van der Waals surface area contributed by atoms with Crippen molar-refractivity contribution in [3.8, 4) is 11.5 Å². The van der Waals surface area contributed by atoms with Crippen LogP contribution in [-0.4, -0.2) is 49.9 Å². The van der Waals surface area contributed by atoms with Gasteiger partial charge in [0.25, 0.3) is 0 Å². The van der Waals surface area contributed by atoms with E-state index in [4.69, 9.17) is 9.47 Å². The normalized spacial score (nSPS) is 13.3. The van der Waals surface area contributed by atoms with Gasteiger partial charge in [-0.3, -0.25) is 0 Å². The zero-order valence-electron chi connectivity index (χ0n) is 19.0. The second-order valence-corrected chi connectivity index (χ2v) is 8.38. The van der Waals surface area contributed by atoms with Crippen LogP contribution in [0.3, 0.4) is 0 Å². The standard InChI is InChI=1S/C23H32N4O3S.HI/c1-5-24-22(26-15-23(2,28)16-8-10-31-14-16)25-9-6-7-17-11-19-20(27-17)12-18(29-3)13-21(19)30-4;/h8,10-14,27-28H,5-7,9,15H2,1-4H3,(H2,24,25,26);1H. The third-order valence-electron chi connectivity index (χ3n) is 5.13. The summed E-state index contributed by atoms with van der Waals surface area (Å²) in [5.41, 5.74) is 2.06. The molecule has 0 bridgehead atoms. The van der Waals surface area contributed by atoms with Gasteiger partial charge >= 0.3 is 0 Å². The van der Waals surface area contributed by atoms with E-state index in [1.54, 1.807) is 32.5 Å². The van der Waals surface area contributed by atoms with Crippen molar-refractivity contribution in [2.45, 2.75) is 32.3 Å². The van der Waals surface area contributed by atoms with Gasteiger partial charge in [0.15, 0.2) is 5.96 Å². The van der Waals surface area contributed by atoms with E-state index in [0.717, 1.165) is 59.6 Å². The summed E-state index contributed by atoms with van der Waals surface area (Å²) in [6.07, 6.45) is 1.82. The highest BCUT2D eigenvalue weighted by Gasteiger charge is 2.23. The number of halogens is 1. The average molecular weight is 573 g/mol. The molecule has 0 saturated heterocycles. The zero-order chi connectivity index (χ0) is 22.3. The number of ether oxygens (including phenoxy) is 2. The number of fused-ring (bicyclic) bond motifs is 1. The van der Waals surface area contributed by atoms with E-state index in [1.807, 2.05) is 35.9 Å².